The van der Waals surface area contributed by atoms with Crippen LogP contribution in [-0.4, -0.2) is 35.9 Å². The molecule has 0 radical (unpaired) electrons. The number of aromatic nitrogens is 2. The quantitative estimate of drug-likeness (QED) is 0.510. The van der Waals surface area contributed by atoms with Gasteiger partial charge in [-0.05, 0) is 49.7 Å². The molecule has 1 heterocycles. The van der Waals surface area contributed by atoms with Crippen LogP contribution in [0.3, 0.4) is 0 Å². The summed E-state index contributed by atoms with van der Waals surface area (Å²) in [4.78, 5) is 24.6. The van der Waals surface area contributed by atoms with Crippen molar-refractivity contribution < 1.29 is 19.1 Å². The first-order chi connectivity index (χ1) is 15.2. The normalized spacial score (nSPS) is 10.7. The highest BCUT2D eigenvalue weighted by atomic mass is 35.5. The summed E-state index contributed by atoms with van der Waals surface area (Å²) in [6, 6.07) is 10.4. The summed E-state index contributed by atoms with van der Waals surface area (Å²) in [6.45, 7) is 4.01. The number of carbonyl (C=O) groups is 2. The van der Waals surface area contributed by atoms with Crippen LogP contribution < -0.4 is 10.1 Å². The highest BCUT2D eigenvalue weighted by molar-refractivity contribution is 6.42. The predicted octanol–water partition coefficient (Wildman–Crippen LogP) is 4.45. The molecular formula is C23H23Cl2N3O4. The van der Waals surface area contributed by atoms with Crippen LogP contribution in [0.5, 0.6) is 5.75 Å². The van der Waals surface area contributed by atoms with Crippen molar-refractivity contribution in [2.45, 2.75) is 26.8 Å². The van der Waals surface area contributed by atoms with Gasteiger partial charge in [0.05, 0.1) is 42.1 Å². The molecule has 3 rings (SSSR count). The van der Waals surface area contributed by atoms with Crippen molar-refractivity contribution >= 4 is 35.1 Å². The number of nitrogens with zero attached hydrogens (tertiary/aromatic N) is 2. The van der Waals surface area contributed by atoms with Crippen molar-refractivity contribution in [1.29, 1.82) is 0 Å². The summed E-state index contributed by atoms with van der Waals surface area (Å²) in [6.07, 6.45) is 0.166. The van der Waals surface area contributed by atoms with E-state index in [1.807, 2.05) is 19.9 Å². The van der Waals surface area contributed by atoms with Crippen LogP contribution in [-0.2, 0) is 22.5 Å². The zero-order chi connectivity index (χ0) is 23.4. The standard InChI is InChI=1S/C23H23Cl2N3O4/c1-13-17(14(2)28(27-13)16-6-7-19(24)20(25)10-16)11-22(29)26-12-15-5-8-21(31-3)18(9-15)23(30)32-4/h5-10H,11-12H2,1-4H3,(H,26,29). The molecule has 0 saturated heterocycles. The second-order valence-electron chi connectivity index (χ2n) is 7.14. The van der Waals surface area contributed by atoms with Gasteiger partial charge in [0.1, 0.15) is 11.3 Å². The molecule has 2 aromatic carbocycles. The Hall–Kier alpha value is -3.03. The molecule has 1 N–H and O–H groups in total. The maximum Gasteiger partial charge on any atom is 0.341 e. The van der Waals surface area contributed by atoms with Crippen molar-refractivity contribution in [1.82, 2.24) is 15.1 Å². The lowest BCUT2D eigenvalue weighted by atomic mass is 10.1. The van der Waals surface area contributed by atoms with E-state index in [9.17, 15) is 9.59 Å². The molecule has 3 aromatic rings. The van der Waals surface area contributed by atoms with Crippen molar-refractivity contribution in [3.63, 3.8) is 0 Å². The number of amides is 1. The average Bonchev–Trinajstić information content (AvgIpc) is 3.07. The van der Waals surface area contributed by atoms with E-state index >= 15 is 0 Å². The molecule has 0 bridgehead atoms. The van der Waals surface area contributed by atoms with E-state index in [0.29, 0.717) is 21.4 Å². The Morgan fingerprint density at radius 2 is 1.81 bits per heavy atom. The van der Waals surface area contributed by atoms with Crippen molar-refractivity contribution in [3.8, 4) is 11.4 Å². The van der Waals surface area contributed by atoms with Crippen LogP contribution in [0.2, 0.25) is 10.0 Å². The largest absolute Gasteiger partial charge is 0.496 e. The molecule has 0 spiro atoms. The van der Waals surface area contributed by atoms with Gasteiger partial charge in [-0.1, -0.05) is 29.3 Å². The minimum atomic E-state index is -0.504. The van der Waals surface area contributed by atoms with Gasteiger partial charge >= 0.3 is 5.97 Å². The van der Waals surface area contributed by atoms with E-state index in [1.165, 1.54) is 14.2 Å². The fraction of sp³-hybridized carbons (Fsp3) is 0.261. The molecule has 32 heavy (non-hydrogen) atoms. The lowest BCUT2D eigenvalue weighted by Crippen LogP contribution is -2.25. The number of hydrogen-bond donors (Lipinski definition) is 1. The Bertz CT molecular complexity index is 1170. The number of rotatable bonds is 7. The summed E-state index contributed by atoms with van der Waals surface area (Å²) < 4.78 is 11.7. The first kappa shape index (κ1) is 23.6. The maximum atomic E-state index is 12.6. The van der Waals surface area contributed by atoms with Gasteiger partial charge in [0.15, 0.2) is 0 Å². The highest BCUT2D eigenvalue weighted by Crippen LogP contribution is 2.26. The van der Waals surface area contributed by atoms with Crippen molar-refractivity contribution in [2.75, 3.05) is 14.2 Å². The smallest absolute Gasteiger partial charge is 0.341 e. The van der Waals surface area contributed by atoms with Gasteiger partial charge in [-0.2, -0.15) is 5.10 Å². The second kappa shape index (κ2) is 10.1. The predicted molar refractivity (Wildman–Crippen MR) is 123 cm³/mol. The molecule has 0 aliphatic heterocycles. The monoisotopic (exact) mass is 475 g/mol. The highest BCUT2D eigenvalue weighted by Gasteiger charge is 2.17. The second-order valence-corrected chi connectivity index (χ2v) is 7.95. The van der Waals surface area contributed by atoms with Gasteiger partial charge in [-0.3, -0.25) is 4.79 Å². The van der Waals surface area contributed by atoms with Crippen LogP contribution >= 0.6 is 23.2 Å². The lowest BCUT2D eigenvalue weighted by molar-refractivity contribution is -0.120. The maximum absolute atomic E-state index is 12.6. The number of esters is 1. The third kappa shape index (κ3) is 5.06. The molecule has 7 nitrogen and oxygen atoms in total. The summed E-state index contributed by atoms with van der Waals surface area (Å²) in [7, 11) is 2.78. The Morgan fingerprint density at radius 3 is 2.47 bits per heavy atom. The fourth-order valence-corrected chi connectivity index (χ4v) is 3.65. The van der Waals surface area contributed by atoms with E-state index in [-0.39, 0.29) is 18.9 Å². The third-order valence-corrected chi connectivity index (χ3v) is 5.82. The van der Waals surface area contributed by atoms with Gasteiger partial charge in [0.25, 0.3) is 0 Å². The summed E-state index contributed by atoms with van der Waals surface area (Å²) in [5, 5.41) is 8.33. The Morgan fingerprint density at radius 1 is 1.06 bits per heavy atom. The summed E-state index contributed by atoms with van der Waals surface area (Å²) in [5.41, 5.74) is 4.24. The minimum absolute atomic E-state index is 0.166. The van der Waals surface area contributed by atoms with Gasteiger partial charge in [-0.25, -0.2) is 9.48 Å². The molecule has 0 saturated carbocycles. The molecule has 1 amide bonds. The molecule has 0 atom stereocenters. The van der Waals surface area contributed by atoms with E-state index < -0.39 is 5.97 Å². The molecule has 0 fully saturated rings. The van der Waals surface area contributed by atoms with E-state index in [1.54, 1.807) is 35.0 Å². The Kier molecular flexibility index (Phi) is 7.43. The van der Waals surface area contributed by atoms with Crippen LogP contribution in [0.15, 0.2) is 36.4 Å². The molecule has 0 aliphatic rings. The fourth-order valence-electron chi connectivity index (χ4n) is 3.36. The first-order valence-electron chi connectivity index (χ1n) is 9.77. The zero-order valence-corrected chi connectivity index (χ0v) is 19.7. The number of nitrogens with one attached hydrogen (secondary N) is 1. The van der Waals surface area contributed by atoms with E-state index in [2.05, 4.69) is 10.4 Å². The molecule has 9 heteroatoms. The van der Waals surface area contributed by atoms with Gasteiger partial charge in [0.2, 0.25) is 5.91 Å². The van der Waals surface area contributed by atoms with Crippen LogP contribution in [0, 0.1) is 13.8 Å². The number of benzene rings is 2. The number of ether oxygens (including phenoxy) is 2. The molecule has 168 valence electrons. The zero-order valence-electron chi connectivity index (χ0n) is 18.2. The van der Waals surface area contributed by atoms with Crippen molar-refractivity contribution in [2.24, 2.45) is 0 Å². The number of aryl methyl sites for hydroxylation is 1. The van der Waals surface area contributed by atoms with Crippen molar-refractivity contribution in [3.05, 3.63) is 74.5 Å². The Balaban J connectivity index is 1.73. The van der Waals surface area contributed by atoms with E-state index in [0.717, 1.165) is 28.2 Å². The molecule has 0 aliphatic carbocycles. The minimum Gasteiger partial charge on any atom is -0.496 e. The van der Waals surface area contributed by atoms with E-state index in [4.69, 9.17) is 32.7 Å². The molecular weight excluding hydrogens is 453 g/mol. The van der Waals surface area contributed by atoms with Crippen LogP contribution in [0.4, 0.5) is 0 Å². The SMILES string of the molecule is COC(=O)c1cc(CNC(=O)Cc2c(C)nn(-c3ccc(Cl)c(Cl)c3)c2C)ccc1OC. The van der Waals surface area contributed by atoms with Gasteiger partial charge in [0, 0.05) is 17.8 Å². The summed E-state index contributed by atoms with van der Waals surface area (Å²) >= 11 is 12.1. The molecule has 0 unspecified atom stereocenters. The van der Waals surface area contributed by atoms with Crippen LogP contribution in [0.1, 0.15) is 32.9 Å². The number of hydrogen-bond acceptors (Lipinski definition) is 5. The van der Waals surface area contributed by atoms with Gasteiger partial charge < -0.3 is 14.8 Å². The van der Waals surface area contributed by atoms with Gasteiger partial charge in [-0.15, -0.1) is 0 Å². The number of halogens is 2. The first-order valence-corrected chi connectivity index (χ1v) is 10.5. The topological polar surface area (TPSA) is 82.5 Å². The lowest BCUT2D eigenvalue weighted by Gasteiger charge is -2.10. The number of carbonyl (C=O) groups excluding carboxylic acids is 2. The van der Waals surface area contributed by atoms with Crippen LogP contribution in [0.25, 0.3) is 5.69 Å². The average molecular weight is 476 g/mol. The number of methoxy groups -OCH3 is 2. The Labute approximate surface area is 196 Å². The third-order valence-electron chi connectivity index (χ3n) is 5.09. The summed E-state index contributed by atoms with van der Waals surface area (Å²) in [5.74, 6) is -0.260. The molecule has 1 aromatic heterocycles.